The zero-order valence-corrected chi connectivity index (χ0v) is 11.1. The summed E-state index contributed by atoms with van der Waals surface area (Å²) >= 11 is 2.09. The first-order valence-electron chi connectivity index (χ1n) is 6.89. The molecular formula is C15H21NS. The first kappa shape index (κ1) is 11.6. The number of benzene rings is 1. The molecule has 1 heterocycles. The Morgan fingerprint density at radius 2 is 1.76 bits per heavy atom. The second-order valence-corrected chi connectivity index (χ2v) is 6.66. The van der Waals surface area contributed by atoms with Crippen LogP contribution in [-0.2, 0) is 0 Å². The van der Waals surface area contributed by atoms with Crippen molar-refractivity contribution in [3.63, 3.8) is 0 Å². The van der Waals surface area contributed by atoms with Gasteiger partial charge in [0.25, 0.3) is 0 Å². The summed E-state index contributed by atoms with van der Waals surface area (Å²) < 4.78 is 0. The van der Waals surface area contributed by atoms with Crippen molar-refractivity contribution in [1.29, 1.82) is 0 Å². The molecule has 0 aromatic heterocycles. The molecule has 2 aliphatic rings. The normalized spacial score (nSPS) is 25.5. The molecule has 1 nitrogen and oxygen atoms in total. The fraction of sp³-hybridized carbons (Fsp3) is 0.600. The molecule has 1 aliphatic carbocycles. The summed E-state index contributed by atoms with van der Waals surface area (Å²) in [5.74, 6) is 0.750. The lowest BCUT2D eigenvalue weighted by Crippen LogP contribution is -2.07. The SMILES string of the molecule is c1cc(C2CCNC2)ccc1SC1CCCC1. The molecule has 17 heavy (non-hydrogen) atoms. The maximum absolute atomic E-state index is 3.44. The van der Waals surface area contributed by atoms with Gasteiger partial charge in [0.1, 0.15) is 0 Å². The van der Waals surface area contributed by atoms with E-state index in [0.29, 0.717) is 0 Å². The van der Waals surface area contributed by atoms with E-state index >= 15 is 0 Å². The van der Waals surface area contributed by atoms with Crippen LogP contribution in [0.2, 0.25) is 0 Å². The lowest BCUT2D eigenvalue weighted by atomic mass is 9.99. The first-order valence-corrected chi connectivity index (χ1v) is 7.77. The van der Waals surface area contributed by atoms with Gasteiger partial charge in [-0.25, -0.2) is 0 Å². The summed E-state index contributed by atoms with van der Waals surface area (Å²) in [7, 11) is 0. The predicted molar refractivity (Wildman–Crippen MR) is 74.8 cm³/mol. The smallest absolute Gasteiger partial charge is 0.00944 e. The van der Waals surface area contributed by atoms with Crippen molar-refractivity contribution in [2.45, 2.75) is 48.2 Å². The average molecular weight is 247 g/mol. The van der Waals surface area contributed by atoms with Crippen molar-refractivity contribution < 1.29 is 0 Å². The van der Waals surface area contributed by atoms with Gasteiger partial charge in [0.2, 0.25) is 0 Å². The van der Waals surface area contributed by atoms with E-state index in [-0.39, 0.29) is 0 Å². The lowest BCUT2D eigenvalue weighted by molar-refractivity contribution is 0.762. The van der Waals surface area contributed by atoms with Crippen LogP contribution in [0.3, 0.4) is 0 Å². The van der Waals surface area contributed by atoms with E-state index < -0.39 is 0 Å². The Labute approximate surface area is 108 Å². The highest BCUT2D eigenvalue weighted by Crippen LogP contribution is 2.35. The fourth-order valence-electron chi connectivity index (χ4n) is 2.96. The van der Waals surface area contributed by atoms with Gasteiger partial charge < -0.3 is 5.32 Å². The summed E-state index contributed by atoms with van der Waals surface area (Å²) in [4.78, 5) is 1.46. The molecule has 3 rings (SSSR count). The monoisotopic (exact) mass is 247 g/mol. The molecule has 92 valence electrons. The van der Waals surface area contributed by atoms with E-state index in [1.807, 2.05) is 0 Å². The van der Waals surface area contributed by atoms with Gasteiger partial charge in [-0.3, -0.25) is 0 Å². The van der Waals surface area contributed by atoms with Crippen LogP contribution in [0.15, 0.2) is 29.2 Å². The van der Waals surface area contributed by atoms with Crippen molar-refractivity contribution in [2.75, 3.05) is 13.1 Å². The van der Waals surface area contributed by atoms with E-state index in [4.69, 9.17) is 0 Å². The van der Waals surface area contributed by atoms with Crippen LogP contribution in [-0.4, -0.2) is 18.3 Å². The zero-order chi connectivity index (χ0) is 11.5. The van der Waals surface area contributed by atoms with E-state index in [0.717, 1.165) is 17.7 Å². The number of hydrogen-bond acceptors (Lipinski definition) is 2. The van der Waals surface area contributed by atoms with E-state index in [1.165, 1.54) is 49.1 Å². The maximum atomic E-state index is 3.44. The largest absolute Gasteiger partial charge is 0.316 e. The van der Waals surface area contributed by atoms with Crippen molar-refractivity contribution in [1.82, 2.24) is 5.32 Å². The van der Waals surface area contributed by atoms with Crippen LogP contribution in [0.1, 0.15) is 43.6 Å². The van der Waals surface area contributed by atoms with Crippen LogP contribution >= 0.6 is 11.8 Å². The molecular weight excluding hydrogens is 226 g/mol. The van der Waals surface area contributed by atoms with Crippen LogP contribution in [0.25, 0.3) is 0 Å². The van der Waals surface area contributed by atoms with Crippen molar-refractivity contribution in [3.8, 4) is 0 Å². The van der Waals surface area contributed by atoms with Gasteiger partial charge in [0, 0.05) is 16.7 Å². The molecule has 2 fully saturated rings. The Bertz CT molecular complexity index is 348. The summed E-state index contributed by atoms with van der Waals surface area (Å²) in [6, 6.07) is 9.34. The van der Waals surface area contributed by atoms with E-state index in [1.54, 1.807) is 0 Å². The first-order chi connectivity index (χ1) is 8.42. The van der Waals surface area contributed by atoms with Crippen molar-refractivity contribution in [2.24, 2.45) is 0 Å². The molecule has 1 aliphatic heterocycles. The van der Waals surface area contributed by atoms with Gasteiger partial charge in [0.05, 0.1) is 0 Å². The molecule has 1 atom stereocenters. The molecule has 0 amide bonds. The third kappa shape index (κ3) is 2.86. The Morgan fingerprint density at radius 3 is 2.41 bits per heavy atom. The summed E-state index contributed by atoms with van der Waals surface area (Å²) in [6.45, 7) is 2.35. The molecule has 0 radical (unpaired) electrons. The van der Waals surface area contributed by atoms with Crippen LogP contribution in [0, 0.1) is 0 Å². The van der Waals surface area contributed by atoms with E-state index in [9.17, 15) is 0 Å². The Hall–Kier alpha value is -0.470. The average Bonchev–Trinajstić information content (AvgIpc) is 3.01. The molecule has 1 unspecified atom stereocenters. The lowest BCUT2D eigenvalue weighted by Gasteiger charge is -2.11. The van der Waals surface area contributed by atoms with Crippen LogP contribution in [0.5, 0.6) is 0 Å². The standard InChI is InChI=1S/C15H21NS/c1-2-4-14(3-1)17-15-7-5-12(6-8-15)13-9-10-16-11-13/h5-8,13-14,16H,1-4,9-11H2. The third-order valence-corrected chi connectivity index (χ3v) is 5.37. The highest BCUT2D eigenvalue weighted by molar-refractivity contribution is 8.00. The second kappa shape index (κ2) is 5.45. The molecule has 1 saturated carbocycles. The Morgan fingerprint density at radius 1 is 1.00 bits per heavy atom. The van der Waals surface area contributed by atoms with Gasteiger partial charge >= 0.3 is 0 Å². The predicted octanol–water partition coefficient (Wildman–Crippen LogP) is 3.80. The van der Waals surface area contributed by atoms with Crippen molar-refractivity contribution >= 4 is 11.8 Å². The molecule has 2 heteroatoms. The molecule has 0 spiro atoms. The van der Waals surface area contributed by atoms with Gasteiger partial charge in [0.15, 0.2) is 0 Å². The highest BCUT2D eigenvalue weighted by atomic mass is 32.2. The third-order valence-electron chi connectivity index (χ3n) is 4.02. The van der Waals surface area contributed by atoms with Gasteiger partial charge in [-0.05, 0) is 49.4 Å². The second-order valence-electron chi connectivity index (χ2n) is 5.28. The molecule has 1 saturated heterocycles. The molecule has 1 aromatic rings. The maximum Gasteiger partial charge on any atom is 0.00944 e. The highest BCUT2D eigenvalue weighted by Gasteiger charge is 2.18. The number of nitrogens with one attached hydrogen (secondary N) is 1. The zero-order valence-electron chi connectivity index (χ0n) is 10.3. The Balaban J connectivity index is 1.62. The number of rotatable bonds is 3. The number of hydrogen-bond donors (Lipinski definition) is 1. The molecule has 1 aromatic carbocycles. The quantitative estimate of drug-likeness (QED) is 0.872. The Kier molecular flexibility index (Phi) is 3.72. The summed E-state index contributed by atoms with van der Waals surface area (Å²) in [5.41, 5.74) is 1.52. The molecule has 1 N–H and O–H groups in total. The van der Waals surface area contributed by atoms with Gasteiger partial charge in [-0.1, -0.05) is 25.0 Å². The fourth-order valence-corrected chi connectivity index (χ4v) is 4.20. The summed E-state index contributed by atoms with van der Waals surface area (Å²) in [6.07, 6.45) is 7.00. The van der Waals surface area contributed by atoms with Gasteiger partial charge in [-0.15, -0.1) is 11.8 Å². The van der Waals surface area contributed by atoms with E-state index in [2.05, 4.69) is 41.3 Å². The van der Waals surface area contributed by atoms with Gasteiger partial charge in [-0.2, -0.15) is 0 Å². The van der Waals surface area contributed by atoms with Crippen molar-refractivity contribution in [3.05, 3.63) is 29.8 Å². The molecule has 0 bridgehead atoms. The minimum Gasteiger partial charge on any atom is -0.316 e. The number of thioether (sulfide) groups is 1. The van der Waals surface area contributed by atoms with Crippen LogP contribution < -0.4 is 5.32 Å². The topological polar surface area (TPSA) is 12.0 Å². The minimum atomic E-state index is 0.750. The summed E-state index contributed by atoms with van der Waals surface area (Å²) in [5, 5.41) is 4.32. The minimum absolute atomic E-state index is 0.750. The van der Waals surface area contributed by atoms with Crippen LogP contribution in [0.4, 0.5) is 0 Å².